The van der Waals surface area contributed by atoms with Crippen molar-refractivity contribution in [2.75, 3.05) is 12.4 Å². The minimum atomic E-state index is -0.316. The van der Waals surface area contributed by atoms with E-state index in [4.69, 9.17) is 9.31 Å². The highest BCUT2D eigenvalue weighted by molar-refractivity contribution is 6.52. The number of aryl methyl sites for hydroxylation is 1. The molecule has 2 heterocycles. The van der Waals surface area contributed by atoms with Gasteiger partial charge >= 0.3 is 7.12 Å². The summed E-state index contributed by atoms with van der Waals surface area (Å²) in [5.41, 5.74) is 1.63. The molecule has 0 aliphatic carbocycles. The molecule has 0 atom stereocenters. The summed E-state index contributed by atoms with van der Waals surface area (Å²) in [5.74, 6) is 2.81. The second-order valence-electron chi connectivity index (χ2n) is 6.16. The molecule has 4 nitrogen and oxygen atoms in total. The largest absolute Gasteiger partial charge is 0.487 e. The Labute approximate surface area is 121 Å². The summed E-state index contributed by atoms with van der Waals surface area (Å²) >= 11 is 0. The molecule has 20 heavy (non-hydrogen) atoms. The maximum atomic E-state index is 5.93. The zero-order chi connectivity index (χ0) is 15.0. The SMILES string of the molecule is CNc1cc(C)c(/C=C/B2OC(C)(C)C(C)(C)O2)cn1. The summed E-state index contributed by atoms with van der Waals surface area (Å²) in [6.07, 6.45) is 3.85. The molecule has 5 heteroatoms. The van der Waals surface area contributed by atoms with Gasteiger partial charge in [-0.3, -0.25) is 0 Å². The number of nitrogens with one attached hydrogen (secondary N) is 1. The highest BCUT2D eigenvalue weighted by Gasteiger charge is 2.49. The van der Waals surface area contributed by atoms with E-state index in [-0.39, 0.29) is 18.3 Å². The zero-order valence-corrected chi connectivity index (χ0v) is 13.2. The summed E-state index contributed by atoms with van der Waals surface area (Å²) in [6.45, 7) is 10.3. The first-order valence-electron chi connectivity index (χ1n) is 6.93. The summed E-state index contributed by atoms with van der Waals surface area (Å²) in [7, 11) is 1.55. The summed E-state index contributed by atoms with van der Waals surface area (Å²) in [4.78, 5) is 4.32. The quantitative estimate of drug-likeness (QED) is 0.860. The molecule has 0 spiro atoms. The van der Waals surface area contributed by atoms with Gasteiger partial charge < -0.3 is 14.6 Å². The van der Waals surface area contributed by atoms with Gasteiger partial charge in [0.1, 0.15) is 5.82 Å². The van der Waals surface area contributed by atoms with Gasteiger partial charge in [0.15, 0.2) is 0 Å². The van der Waals surface area contributed by atoms with Gasteiger partial charge in [-0.25, -0.2) is 4.98 Å². The van der Waals surface area contributed by atoms with Crippen molar-refractivity contribution in [1.82, 2.24) is 4.98 Å². The van der Waals surface area contributed by atoms with Crippen LogP contribution in [-0.2, 0) is 9.31 Å². The third-order valence-corrected chi connectivity index (χ3v) is 4.11. The van der Waals surface area contributed by atoms with Gasteiger partial charge in [0.25, 0.3) is 0 Å². The molecule has 1 aromatic rings. The molecule has 1 saturated heterocycles. The molecule has 2 rings (SSSR count). The third-order valence-electron chi connectivity index (χ3n) is 4.11. The van der Waals surface area contributed by atoms with Gasteiger partial charge in [0.2, 0.25) is 0 Å². The van der Waals surface area contributed by atoms with Gasteiger partial charge in [-0.15, -0.1) is 0 Å². The first kappa shape index (κ1) is 15.1. The van der Waals surface area contributed by atoms with E-state index >= 15 is 0 Å². The summed E-state index contributed by atoms with van der Waals surface area (Å²) < 4.78 is 11.9. The van der Waals surface area contributed by atoms with E-state index in [0.29, 0.717) is 0 Å². The van der Waals surface area contributed by atoms with Crippen LogP contribution in [-0.4, -0.2) is 30.4 Å². The van der Waals surface area contributed by atoms with Crippen molar-refractivity contribution < 1.29 is 9.31 Å². The number of hydrogen-bond acceptors (Lipinski definition) is 4. The summed E-state index contributed by atoms with van der Waals surface area (Å²) in [6, 6.07) is 2.02. The Morgan fingerprint density at radius 2 is 1.80 bits per heavy atom. The molecule has 1 aliphatic heterocycles. The number of anilines is 1. The van der Waals surface area contributed by atoms with E-state index in [0.717, 1.165) is 16.9 Å². The van der Waals surface area contributed by atoms with Crippen molar-refractivity contribution in [3.8, 4) is 0 Å². The molecular formula is C15H23BN2O2. The maximum absolute atomic E-state index is 5.93. The Morgan fingerprint density at radius 1 is 1.20 bits per heavy atom. The molecule has 1 N–H and O–H groups in total. The smallest absolute Gasteiger partial charge is 0.400 e. The average Bonchev–Trinajstić information content (AvgIpc) is 2.56. The van der Waals surface area contributed by atoms with E-state index in [1.165, 1.54) is 0 Å². The fraction of sp³-hybridized carbons (Fsp3) is 0.533. The standard InChI is InChI=1S/C15H23BN2O2/c1-11-9-13(17-6)18-10-12(11)7-8-16-19-14(2,3)15(4,5)20-16/h7-10H,1-6H3,(H,17,18)/b8-7+. The summed E-state index contributed by atoms with van der Waals surface area (Å²) in [5, 5.41) is 3.03. The monoisotopic (exact) mass is 274 g/mol. The van der Waals surface area contributed by atoms with Crippen LogP contribution in [0.15, 0.2) is 18.2 Å². The number of hydrogen-bond donors (Lipinski definition) is 1. The molecule has 108 valence electrons. The van der Waals surface area contributed by atoms with Gasteiger partial charge in [0, 0.05) is 13.2 Å². The Bertz CT molecular complexity index is 511. The van der Waals surface area contributed by atoms with E-state index in [9.17, 15) is 0 Å². The normalized spacial score (nSPS) is 20.6. The molecule has 1 fully saturated rings. The van der Waals surface area contributed by atoms with Crippen molar-refractivity contribution in [2.45, 2.75) is 45.8 Å². The van der Waals surface area contributed by atoms with Crippen molar-refractivity contribution in [3.05, 3.63) is 29.4 Å². The second kappa shape index (κ2) is 5.22. The number of nitrogens with zero attached hydrogens (tertiary/aromatic N) is 1. The minimum Gasteiger partial charge on any atom is -0.400 e. The number of rotatable bonds is 3. The first-order valence-corrected chi connectivity index (χ1v) is 6.93. The highest BCUT2D eigenvalue weighted by atomic mass is 16.7. The predicted octanol–water partition coefficient (Wildman–Crippen LogP) is 3.08. The van der Waals surface area contributed by atoms with Crippen molar-refractivity contribution in [2.24, 2.45) is 0 Å². The van der Waals surface area contributed by atoms with Crippen LogP contribution in [0.2, 0.25) is 0 Å². The lowest BCUT2D eigenvalue weighted by atomic mass is 9.89. The second-order valence-corrected chi connectivity index (χ2v) is 6.16. The van der Waals surface area contributed by atoms with E-state index in [1.54, 1.807) is 0 Å². The van der Waals surface area contributed by atoms with Crippen LogP contribution in [0.5, 0.6) is 0 Å². The number of pyridine rings is 1. The third kappa shape index (κ3) is 2.89. The fourth-order valence-corrected chi connectivity index (χ4v) is 2.03. The first-order chi connectivity index (χ1) is 9.25. The molecular weight excluding hydrogens is 251 g/mol. The van der Waals surface area contributed by atoms with Crippen molar-refractivity contribution in [1.29, 1.82) is 0 Å². The lowest BCUT2D eigenvalue weighted by molar-refractivity contribution is 0.00578. The van der Waals surface area contributed by atoms with Crippen LogP contribution in [0.3, 0.4) is 0 Å². The predicted molar refractivity (Wildman–Crippen MR) is 83.6 cm³/mol. The van der Waals surface area contributed by atoms with Crippen LogP contribution in [0.1, 0.15) is 38.8 Å². The Kier molecular flexibility index (Phi) is 3.94. The van der Waals surface area contributed by atoms with Gasteiger partial charge in [0.05, 0.1) is 11.2 Å². The van der Waals surface area contributed by atoms with Gasteiger partial charge in [-0.05, 0) is 51.8 Å². The molecule has 0 unspecified atom stereocenters. The van der Waals surface area contributed by atoms with E-state index in [1.807, 2.05) is 31.4 Å². The Morgan fingerprint density at radius 3 is 2.30 bits per heavy atom. The molecule has 1 aromatic heterocycles. The van der Waals surface area contributed by atoms with Gasteiger partial charge in [-0.1, -0.05) is 12.1 Å². The van der Waals surface area contributed by atoms with Crippen molar-refractivity contribution in [3.63, 3.8) is 0 Å². The highest BCUT2D eigenvalue weighted by Crippen LogP contribution is 2.37. The van der Waals surface area contributed by atoms with Crippen LogP contribution in [0.4, 0.5) is 5.82 Å². The Hall–Kier alpha value is -1.33. The fourth-order valence-electron chi connectivity index (χ4n) is 2.03. The maximum Gasteiger partial charge on any atom is 0.487 e. The van der Waals surface area contributed by atoms with E-state index in [2.05, 4.69) is 44.9 Å². The molecule has 0 bridgehead atoms. The molecule has 0 amide bonds. The molecule has 0 aromatic carbocycles. The molecule has 0 radical (unpaired) electrons. The topological polar surface area (TPSA) is 43.4 Å². The van der Waals surface area contributed by atoms with Crippen LogP contribution < -0.4 is 5.32 Å². The van der Waals surface area contributed by atoms with Crippen LogP contribution in [0.25, 0.3) is 6.08 Å². The van der Waals surface area contributed by atoms with Crippen molar-refractivity contribution >= 4 is 19.0 Å². The lowest BCUT2D eigenvalue weighted by Gasteiger charge is -2.32. The van der Waals surface area contributed by atoms with Crippen LogP contribution >= 0.6 is 0 Å². The minimum absolute atomic E-state index is 0.300. The van der Waals surface area contributed by atoms with E-state index < -0.39 is 0 Å². The number of aromatic nitrogens is 1. The molecule has 0 saturated carbocycles. The zero-order valence-electron chi connectivity index (χ0n) is 13.2. The average molecular weight is 274 g/mol. The lowest BCUT2D eigenvalue weighted by Crippen LogP contribution is -2.41. The van der Waals surface area contributed by atoms with Crippen LogP contribution in [0, 0.1) is 6.92 Å². The molecule has 1 aliphatic rings. The van der Waals surface area contributed by atoms with Gasteiger partial charge in [-0.2, -0.15) is 0 Å². The Balaban J connectivity index is 2.12.